The van der Waals surface area contributed by atoms with Gasteiger partial charge >= 0.3 is 0 Å². The van der Waals surface area contributed by atoms with Gasteiger partial charge in [-0.3, -0.25) is 9.59 Å². The summed E-state index contributed by atoms with van der Waals surface area (Å²) < 4.78 is 26.1. The normalized spacial score (nSPS) is 14.2. The van der Waals surface area contributed by atoms with Crippen LogP contribution < -0.4 is 4.90 Å². The van der Waals surface area contributed by atoms with E-state index in [9.17, 15) is 18.4 Å². The van der Waals surface area contributed by atoms with E-state index in [-0.39, 0.29) is 17.4 Å². The number of rotatable bonds is 5. The van der Waals surface area contributed by atoms with Crippen molar-refractivity contribution >= 4 is 29.1 Å². The van der Waals surface area contributed by atoms with Crippen LogP contribution in [-0.2, 0) is 4.79 Å². The van der Waals surface area contributed by atoms with Gasteiger partial charge in [0.2, 0.25) is 5.91 Å². The van der Waals surface area contributed by atoms with Crippen molar-refractivity contribution in [3.05, 3.63) is 59.7 Å². The van der Waals surface area contributed by atoms with Crippen LogP contribution in [0.15, 0.2) is 47.4 Å². The predicted molar refractivity (Wildman–Crippen MR) is 89.4 cm³/mol. The molecule has 1 saturated heterocycles. The number of ketones is 1. The van der Waals surface area contributed by atoms with E-state index in [1.807, 2.05) is 6.07 Å². The Kier molecular flexibility index (Phi) is 4.94. The third-order valence-electron chi connectivity index (χ3n) is 3.81. The molecule has 0 spiro atoms. The highest BCUT2D eigenvalue weighted by atomic mass is 32.2. The molecule has 6 heteroatoms. The molecule has 1 aliphatic heterocycles. The summed E-state index contributed by atoms with van der Waals surface area (Å²) in [5.41, 5.74) is 1.23. The van der Waals surface area contributed by atoms with Crippen LogP contribution in [0.1, 0.15) is 23.2 Å². The molecule has 3 rings (SSSR count). The molecule has 2 aromatic carbocycles. The first-order chi connectivity index (χ1) is 11.5. The van der Waals surface area contributed by atoms with Crippen LogP contribution in [0.2, 0.25) is 0 Å². The van der Waals surface area contributed by atoms with E-state index in [4.69, 9.17) is 0 Å². The van der Waals surface area contributed by atoms with Crippen molar-refractivity contribution < 1.29 is 18.4 Å². The average Bonchev–Trinajstić information content (AvgIpc) is 3.02. The number of thioether (sulfide) groups is 1. The SMILES string of the molecule is O=C(CSc1ccc(F)c(F)c1)c1cccc(N2CCCC2=O)c1. The maximum atomic E-state index is 13.2. The summed E-state index contributed by atoms with van der Waals surface area (Å²) in [6.07, 6.45) is 1.35. The second-order valence-corrected chi connectivity index (χ2v) is 6.54. The fourth-order valence-corrected chi connectivity index (χ4v) is 3.38. The summed E-state index contributed by atoms with van der Waals surface area (Å²) in [4.78, 5) is 26.3. The number of benzene rings is 2. The molecule has 0 radical (unpaired) electrons. The maximum Gasteiger partial charge on any atom is 0.227 e. The molecule has 0 bridgehead atoms. The van der Waals surface area contributed by atoms with E-state index in [1.165, 1.54) is 6.07 Å². The first-order valence-corrected chi connectivity index (χ1v) is 8.54. The predicted octanol–water partition coefficient (Wildman–Crippen LogP) is 4.07. The Balaban J connectivity index is 1.68. The number of nitrogens with zero attached hydrogens (tertiary/aromatic N) is 1. The first kappa shape index (κ1) is 16.6. The lowest BCUT2D eigenvalue weighted by Crippen LogP contribution is -2.23. The molecule has 1 fully saturated rings. The molecule has 1 aliphatic rings. The van der Waals surface area contributed by atoms with Crippen molar-refractivity contribution in [1.29, 1.82) is 0 Å². The minimum atomic E-state index is -0.929. The summed E-state index contributed by atoms with van der Waals surface area (Å²) in [7, 11) is 0. The largest absolute Gasteiger partial charge is 0.312 e. The summed E-state index contributed by atoms with van der Waals surface area (Å²) in [6, 6.07) is 10.5. The van der Waals surface area contributed by atoms with Crippen molar-refractivity contribution in [2.45, 2.75) is 17.7 Å². The zero-order valence-electron chi connectivity index (χ0n) is 12.8. The lowest BCUT2D eigenvalue weighted by atomic mass is 10.1. The molecule has 0 unspecified atom stereocenters. The highest BCUT2D eigenvalue weighted by Gasteiger charge is 2.22. The van der Waals surface area contributed by atoms with Gasteiger partial charge in [0.1, 0.15) is 0 Å². The van der Waals surface area contributed by atoms with Crippen LogP contribution in [0, 0.1) is 11.6 Å². The van der Waals surface area contributed by atoms with Crippen molar-refractivity contribution in [1.82, 2.24) is 0 Å². The van der Waals surface area contributed by atoms with Crippen LogP contribution >= 0.6 is 11.8 Å². The van der Waals surface area contributed by atoms with Crippen LogP contribution in [0.25, 0.3) is 0 Å². The quantitative estimate of drug-likeness (QED) is 0.604. The molecule has 124 valence electrons. The smallest absolute Gasteiger partial charge is 0.227 e. The maximum absolute atomic E-state index is 13.2. The Morgan fingerprint density at radius 3 is 2.67 bits per heavy atom. The number of carbonyl (C=O) groups excluding carboxylic acids is 2. The molecular formula is C18H15F2NO2S. The highest BCUT2D eigenvalue weighted by molar-refractivity contribution is 8.00. The molecule has 0 aromatic heterocycles. The molecular weight excluding hydrogens is 332 g/mol. The Bertz CT molecular complexity index is 794. The number of anilines is 1. The van der Waals surface area contributed by atoms with E-state index in [0.717, 1.165) is 36.0 Å². The van der Waals surface area contributed by atoms with Crippen LogP contribution in [0.5, 0.6) is 0 Å². The number of hydrogen-bond donors (Lipinski definition) is 0. The molecule has 3 nitrogen and oxygen atoms in total. The number of Topliss-reactive ketones (excluding diaryl/α,β-unsaturated/α-hetero) is 1. The van der Waals surface area contributed by atoms with E-state index in [1.54, 1.807) is 23.1 Å². The lowest BCUT2D eigenvalue weighted by Gasteiger charge is -2.16. The average molecular weight is 347 g/mol. The van der Waals surface area contributed by atoms with Crippen molar-refractivity contribution in [2.75, 3.05) is 17.2 Å². The molecule has 0 N–H and O–H groups in total. The number of amides is 1. The highest BCUT2D eigenvalue weighted by Crippen LogP contribution is 2.25. The fourth-order valence-electron chi connectivity index (χ4n) is 2.57. The topological polar surface area (TPSA) is 37.4 Å². The number of hydrogen-bond acceptors (Lipinski definition) is 3. The van der Waals surface area contributed by atoms with Crippen LogP contribution in [0.4, 0.5) is 14.5 Å². The molecule has 0 saturated carbocycles. The monoisotopic (exact) mass is 347 g/mol. The van der Waals surface area contributed by atoms with E-state index in [0.29, 0.717) is 23.4 Å². The molecule has 1 amide bonds. The zero-order chi connectivity index (χ0) is 17.1. The standard InChI is InChI=1S/C18H15F2NO2S/c19-15-7-6-14(10-16(15)20)24-11-17(22)12-3-1-4-13(9-12)21-8-2-5-18(21)23/h1,3-4,6-7,9-10H,2,5,8,11H2. The molecule has 0 aliphatic carbocycles. The summed E-state index contributed by atoms with van der Waals surface area (Å²) >= 11 is 1.15. The van der Waals surface area contributed by atoms with Gasteiger partial charge < -0.3 is 4.90 Å². The molecule has 0 atom stereocenters. The Hall–Kier alpha value is -2.21. The van der Waals surface area contributed by atoms with E-state index < -0.39 is 11.6 Å². The number of halogens is 2. The van der Waals surface area contributed by atoms with Gasteiger partial charge in [-0.05, 0) is 36.8 Å². The second-order valence-electron chi connectivity index (χ2n) is 5.49. The third-order valence-corrected chi connectivity index (χ3v) is 4.81. The van der Waals surface area contributed by atoms with Crippen LogP contribution in [0.3, 0.4) is 0 Å². The number of carbonyl (C=O) groups is 2. The van der Waals surface area contributed by atoms with Gasteiger partial charge in [-0.15, -0.1) is 11.8 Å². The molecule has 1 heterocycles. The molecule has 24 heavy (non-hydrogen) atoms. The summed E-state index contributed by atoms with van der Waals surface area (Å²) in [5.74, 6) is -1.78. The van der Waals surface area contributed by atoms with Crippen molar-refractivity contribution in [3.8, 4) is 0 Å². The van der Waals surface area contributed by atoms with Gasteiger partial charge in [-0.2, -0.15) is 0 Å². The first-order valence-electron chi connectivity index (χ1n) is 7.56. The zero-order valence-corrected chi connectivity index (χ0v) is 13.6. The van der Waals surface area contributed by atoms with Crippen molar-refractivity contribution in [3.63, 3.8) is 0 Å². The summed E-state index contributed by atoms with van der Waals surface area (Å²) in [5, 5.41) is 0. The van der Waals surface area contributed by atoms with Gasteiger partial charge in [0, 0.05) is 29.1 Å². The minimum absolute atomic E-state index is 0.0655. The Morgan fingerprint density at radius 2 is 1.96 bits per heavy atom. The Labute approximate surface area is 142 Å². The Morgan fingerprint density at radius 1 is 1.12 bits per heavy atom. The van der Waals surface area contributed by atoms with Crippen molar-refractivity contribution in [2.24, 2.45) is 0 Å². The van der Waals surface area contributed by atoms with E-state index in [2.05, 4.69) is 0 Å². The molecule has 2 aromatic rings. The van der Waals surface area contributed by atoms with Gasteiger partial charge in [0.05, 0.1) is 5.75 Å². The van der Waals surface area contributed by atoms with Gasteiger partial charge in [0.25, 0.3) is 0 Å². The van der Waals surface area contributed by atoms with Crippen LogP contribution in [-0.4, -0.2) is 24.0 Å². The third kappa shape index (κ3) is 3.64. The van der Waals surface area contributed by atoms with Gasteiger partial charge in [-0.1, -0.05) is 12.1 Å². The fraction of sp³-hybridized carbons (Fsp3) is 0.222. The minimum Gasteiger partial charge on any atom is -0.312 e. The lowest BCUT2D eigenvalue weighted by molar-refractivity contribution is -0.117. The van der Waals surface area contributed by atoms with Gasteiger partial charge in [-0.25, -0.2) is 8.78 Å². The summed E-state index contributed by atoms with van der Waals surface area (Å²) in [6.45, 7) is 0.667. The second kappa shape index (κ2) is 7.13. The van der Waals surface area contributed by atoms with E-state index >= 15 is 0 Å². The van der Waals surface area contributed by atoms with Gasteiger partial charge in [0.15, 0.2) is 17.4 Å².